The lowest BCUT2D eigenvalue weighted by Crippen LogP contribution is -2.36. The van der Waals surface area contributed by atoms with E-state index in [1.807, 2.05) is 20.8 Å². The van der Waals surface area contributed by atoms with Gasteiger partial charge < -0.3 is 0 Å². The SMILES string of the molecule is CC(C)(C)[S@@](=O)N[C@@H](c1ccc(C(F)(F)F)cn1)C1CC1. The predicted molar refractivity (Wildman–Crippen MR) is 75.7 cm³/mol. The molecular formula is C14H19F3N2OS. The van der Waals surface area contributed by atoms with Crippen LogP contribution < -0.4 is 4.72 Å². The number of alkyl halides is 3. The fraction of sp³-hybridized carbons (Fsp3) is 0.643. The highest BCUT2D eigenvalue weighted by Gasteiger charge is 2.37. The number of nitrogens with zero attached hydrogens (tertiary/aromatic N) is 1. The van der Waals surface area contributed by atoms with Crippen molar-refractivity contribution < 1.29 is 17.4 Å². The highest BCUT2D eigenvalue weighted by molar-refractivity contribution is 7.84. The number of rotatable bonds is 4. The normalized spacial score (nSPS) is 19.3. The molecular weight excluding hydrogens is 301 g/mol. The van der Waals surface area contributed by atoms with E-state index >= 15 is 0 Å². The van der Waals surface area contributed by atoms with Crippen LogP contribution in [0.2, 0.25) is 0 Å². The van der Waals surface area contributed by atoms with Crippen molar-refractivity contribution in [3.05, 3.63) is 29.6 Å². The van der Waals surface area contributed by atoms with Gasteiger partial charge in [0.05, 0.1) is 33.0 Å². The topological polar surface area (TPSA) is 42.0 Å². The Morgan fingerprint density at radius 2 is 1.90 bits per heavy atom. The monoisotopic (exact) mass is 320 g/mol. The van der Waals surface area contributed by atoms with Crippen LogP contribution in [0.5, 0.6) is 0 Å². The van der Waals surface area contributed by atoms with E-state index in [9.17, 15) is 17.4 Å². The lowest BCUT2D eigenvalue weighted by atomic mass is 10.1. The molecule has 0 bridgehead atoms. The van der Waals surface area contributed by atoms with Crippen molar-refractivity contribution in [1.82, 2.24) is 9.71 Å². The third kappa shape index (κ3) is 4.26. The Kier molecular flexibility index (Phi) is 4.44. The zero-order valence-electron chi connectivity index (χ0n) is 12.2. The summed E-state index contributed by atoms with van der Waals surface area (Å²) in [5.74, 6) is 0.292. The van der Waals surface area contributed by atoms with E-state index < -0.39 is 27.5 Å². The molecule has 7 heteroatoms. The zero-order chi connectivity index (χ0) is 15.8. The van der Waals surface area contributed by atoms with Gasteiger partial charge in [-0.1, -0.05) is 0 Å². The Bertz CT molecular complexity index is 519. The molecule has 0 unspecified atom stereocenters. The summed E-state index contributed by atoms with van der Waals surface area (Å²) in [6, 6.07) is 2.14. The van der Waals surface area contributed by atoms with Crippen LogP contribution in [0.25, 0.3) is 0 Å². The number of hydrogen-bond acceptors (Lipinski definition) is 2. The molecule has 21 heavy (non-hydrogen) atoms. The van der Waals surface area contributed by atoms with Crippen LogP contribution in [-0.4, -0.2) is 13.9 Å². The van der Waals surface area contributed by atoms with Gasteiger partial charge in [-0.3, -0.25) is 4.98 Å². The number of nitrogens with one attached hydrogen (secondary N) is 1. The lowest BCUT2D eigenvalue weighted by Gasteiger charge is -2.24. The van der Waals surface area contributed by atoms with Gasteiger partial charge in [0.2, 0.25) is 0 Å². The summed E-state index contributed by atoms with van der Waals surface area (Å²) in [6.45, 7) is 5.54. The first-order chi connectivity index (χ1) is 9.59. The van der Waals surface area contributed by atoms with Gasteiger partial charge in [0.25, 0.3) is 0 Å². The second-order valence-corrected chi connectivity index (χ2v) is 8.28. The van der Waals surface area contributed by atoms with Gasteiger partial charge in [0, 0.05) is 6.20 Å². The molecule has 0 amide bonds. The minimum atomic E-state index is -4.39. The van der Waals surface area contributed by atoms with E-state index in [-0.39, 0.29) is 6.04 Å². The average Bonchev–Trinajstić information content (AvgIpc) is 3.17. The van der Waals surface area contributed by atoms with Gasteiger partial charge in [-0.15, -0.1) is 0 Å². The number of halogens is 3. The van der Waals surface area contributed by atoms with Crippen LogP contribution in [0.4, 0.5) is 13.2 Å². The van der Waals surface area contributed by atoms with E-state index in [1.165, 1.54) is 6.07 Å². The average molecular weight is 320 g/mol. The maximum Gasteiger partial charge on any atom is 0.417 e. The fourth-order valence-corrected chi connectivity index (χ4v) is 2.77. The lowest BCUT2D eigenvalue weighted by molar-refractivity contribution is -0.137. The first kappa shape index (κ1) is 16.4. The molecule has 2 atom stereocenters. The first-order valence-electron chi connectivity index (χ1n) is 6.80. The highest BCUT2D eigenvalue weighted by Crippen LogP contribution is 2.41. The molecule has 1 aliphatic rings. The van der Waals surface area contributed by atoms with Gasteiger partial charge in [-0.2, -0.15) is 13.2 Å². The van der Waals surface area contributed by atoms with Crippen LogP contribution in [0.3, 0.4) is 0 Å². The molecule has 1 aliphatic carbocycles. The van der Waals surface area contributed by atoms with Crippen LogP contribution in [0, 0.1) is 5.92 Å². The molecule has 3 nitrogen and oxygen atoms in total. The molecule has 0 aromatic carbocycles. The maximum absolute atomic E-state index is 12.6. The molecule has 2 rings (SSSR count). The Morgan fingerprint density at radius 3 is 2.29 bits per heavy atom. The quantitative estimate of drug-likeness (QED) is 0.921. The smallest absolute Gasteiger partial charge is 0.259 e. The molecule has 0 radical (unpaired) electrons. The van der Waals surface area contributed by atoms with E-state index in [1.54, 1.807) is 0 Å². The minimum Gasteiger partial charge on any atom is -0.259 e. The molecule has 0 saturated heterocycles. The Morgan fingerprint density at radius 1 is 1.29 bits per heavy atom. The summed E-state index contributed by atoms with van der Waals surface area (Å²) in [5.41, 5.74) is -0.249. The van der Waals surface area contributed by atoms with Crippen molar-refractivity contribution >= 4 is 11.0 Å². The fourth-order valence-electron chi connectivity index (χ4n) is 1.88. The molecule has 1 fully saturated rings. The van der Waals surface area contributed by atoms with Gasteiger partial charge in [-0.25, -0.2) is 8.93 Å². The van der Waals surface area contributed by atoms with Crippen LogP contribution in [0.1, 0.15) is 50.9 Å². The van der Waals surface area contributed by atoms with E-state index in [0.717, 1.165) is 25.1 Å². The van der Waals surface area contributed by atoms with Crippen molar-refractivity contribution in [2.24, 2.45) is 5.92 Å². The van der Waals surface area contributed by atoms with Crippen molar-refractivity contribution in [1.29, 1.82) is 0 Å². The molecule has 1 aromatic heterocycles. The maximum atomic E-state index is 12.6. The number of aromatic nitrogens is 1. The van der Waals surface area contributed by atoms with Gasteiger partial charge in [0.1, 0.15) is 0 Å². The number of pyridine rings is 1. The molecule has 1 heterocycles. The second kappa shape index (κ2) is 5.68. The van der Waals surface area contributed by atoms with Crippen molar-refractivity contribution in [3.8, 4) is 0 Å². The minimum absolute atomic E-state index is 0.257. The van der Waals surface area contributed by atoms with E-state index in [2.05, 4.69) is 9.71 Å². The predicted octanol–water partition coefficient (Wildman–Crippen LogP) is 3.60. The van der Waals surface area contributed by atoms with E-state index in [0.29, 0.717) is 11.6 Å². The Hall–Kier alpha value is -0.950. The van der Waals surface area contributed by atoms with E-state index in [4.69, 9.17) is 0 Å². The summed E-state index contributed by atoms with van der Waals surface area (Å²) < 4.78 is 52.5. The van der Waals surface area contributed by atoms with Gasteiger partial charge in [0.15, 0.2) is 0 Å². The summed E-state index contributed by atoms with van der Waals surface area (Å²) >= 11 is 0. The summed E-state index contributed by atoms with van der Waals surface area (Å²) in [5, 5.41) is 0. The Balaban J connectivity index is 2.18. The Labute approximate surface area is 124 Å². The number of hydrogen-bond donors (Lipinski definition) is 1. The summed E-state index contributed by atoms with van der Waals surface area (Å²) in [7, 11) is -1.28. The van der Waals surface area contributed by atoms with Crippen LogP contribution >= 0.6 is 0 Å². The van der Waals surface area contributed by atoms with Crippen LogP contribution in [-0.2, 0) is 17.2 Å². The largest absolute Gasteiger partial charge is 0.417 e. The summed E-state index contributed by atoms with van der Waals surface area (Å²) in [6.07, 6.45) is -1.60. The third-order valence-corrected chi connectivity index (χ3v) is 4.90. The zero-order valence-corrected chi connectivity index (χ0v) is 13.0. The molecule has 1 aromatic rings. The van der Waals surface area contributed by atoms with Crippen molar-refractivity contribution in [2.45, 2.75) is 50.6 Å². The molecule has 1 saturated carbocycles. The molecule has 0 spiro atoms. The van der Waals surface area contributed by atoms with Crippen molar-refractivity contribution in [3.63, 3.8) is 0 Å². The van der Waals surface area contributed by atoms with Crippen molar-refractivity contribution in [2.75, 3.05) is 0 Å². The highest BCUT2D eigenvalue weighted by atomic mass is 32.2. The molecule has 1 N–H and O–H groups in total. The molecule has 118 valence electrons. The second-order valence-electron chi connectivity index (χ2n) is 6.28. The summed E-state index contributed by atoms with van der Waals surface area (Å²) in [4.78, 5) is 3.92. The third-order valence-electron chi connectivity index (χ3n) is 3.32. The van der Waals surface area contributed by atoms with Crippen LogP contribution in [0.15, 0.2) is 18.3 Å². The molecule has 0 aliphatic heterocycles. The first-order valence-corrected chi connectivity index (χ1v) is 7.95. The van der Waals surface area contributed by atoms with Gasteiger partial charge in [-0.05, 0) is 51.7 Å². The standard InChI is InChI=1S/C14H19F3N2OS/c1-13(2,3)21(20)19-12(9-4-5-9)11-7-6-10(8-18-11)14(15,16)17/h6-9,12,19H,4-5H2,1-3H3/t12-,21-/m1/s1. The van der Waals surface area contributed by atoms with Gasteiger partial charge >= 0.3 is 6.18 Å².